The zero-order chi connectivity index (χ0) is 18.7. The van der Waals surface area contributed by atoms with E-state index < -0.39 is 20.0 Å². The van der Waals surface area contributed by atoms with Gasteiger partial charge in [-0.1, -0.05) is 22.4 Å². The van der Waals surface area contributed by atoms with Crippen molar-refractivity contribution in [2.24, 2.45) is 0 Å². The van der Waals surface area contributed by atoms with Crippen LogP contribution in [0.25, 0.3) is 0 Å². The van der Waals surface area contributed by atoms with Gasteiger partial charge in [0.25, 0.3) is 0 Å². The van der Waals surface area contributed by atoms with Crippen LogP contribution in [-0.2, 0) is 20.0 Å². The summed E-state index contributed by atoms with van der Waals surface area (Å²) in [6, 6.07) is 6.46. The molecule has 2 N–H and O–H groups in total. The zero-order valence-corrected chi connectivity index (χ0v) is 15.5. The lowest BCUT2D eigenvalue weighted by atomic mass is 10.1. The SMILES string of the molecule is CS(=O)(=O)c1ccc[n+](N)c1.Cc1cc(C)c(S(=O)(=O)[O-])c(C)c1. The van der Waals surface area contributed by atoms with Gasteiger partial charge in [0.15, 0.2) is 16.0 Å². The topological polar surface area (TPSA) is 121 Å². The van der Waals surface area contributed by atoms with E-state index in [9.17, 15) is 21.4 Å². The first-order valence-electron chi connectivity index (χ1n) is 6.82. The molecule has 2 aromatic rings. The molecule has 0 atom stereocenters. The van der Waals surface area contributed by atoms with E-state index in [2.05, 4.69) is 0 Å². The van der Waals surface area contributed by atoms with Crippen LogP contribution >= 0.6 is 0 Å². The van der Waals surface area contributed by atoms with Gasteiger partial charge in [0.05, 0.1) is 4.90 Å². The van der Waals surface area contributed by atoms with Crippen LogP contribution in [0.2, 0.25) is 0 Å². The number of nitrogens with zero attached hydrogens (tertiary/aromatic N) is 1. The van der Waals surface area contributed by atoms with Crippen molar-refractivity contribution >= 4 is 20.0 Å². The van der Waals surface area contributed by atoms with E-state index >= 15 is 0 Å². The molecule has 7 nitrogen and oxygen atoms in total. The smallest absolute Gasteiger partial charge is 0.217 e. The van der Waals surface area contributed by atoms with Gasteiger partial charge >= 0.3 is 0 Å². The fourth-order valence-electron chi connectivity index (χ4n) is 2.25. The number of pyridine rings is 1. The number of nitrogens with two attached hydrogens (primary N) is 1. The van der Waals surface area contributed by atoms with Crippen LogP contribution in [0, 0.1) is 20.8 Å². The molecule has 1 aromatic heterocycles. The van der Waals surface area contributed by atoms with E-state index in [-0.39, 0.29) is 9.79 Å². The molecule has 0 radical (unpaired) electrons. The first-order chi connectivity index (χ1) is 10.8. The Hall–Kier alpha value is -1.97. The average molecular weight is 372 g/mol. The lowest BCUT2D eigenvalue weighted by Gasteiger charge is -2.14. The molecule has 0 amide bonds. The lowest BCUT2D eigenvalue weighted by molar-refractivity contribution is -0.640. The normalized spacial score (nSPS) is 11.5. The van der Waals surface area contributed by atoms with Crippen molar-refractivity contribution in [1.82, 2.24) is 0 Å². The summed E-state index contributed by atoms with van der Waals surface area (Å²) in [4.78, 5) is 0.139. The standard InChI is InChI=1S/C9H12O3S.C6H9N2O2S/c1-6-4-7(2)9(8(3)5-6)13(10,11)12;1-11(9,10)6-3-2-4-8(7)5-6/h4-5H,1-3H3,(H,10,11,12);2-5H,7H2,1H3/q;+1/p-1. The van der Waals surface area contributed by atoms with Gasteiger partial charge in [-0.15, -0.1) is 0 Å². The molecule has 132 valence electrons. The van der Waals surface area contributed by atoms with E-state index in [0.717, 1.165) is 11.8 Å². The maximum atomic E-state index is 10.9. The molecule has 0 unspecified atom stereocenters. The summed E-state index contributed by atoms with van der Waals surface area (Å²) in [7, 11) is -7.46. The van der Waals surface area contributed by atoms with Crippen molar-refractivity contribution in [3.63, 3.8) is 0 Å². The second-order valence-corrected chi connectivity index (χ2v) is 8.77. The average Bonchev–Trinajstić information content (AvgIpc) is 2.35. The van der Waals surface area contributed by atoms with Gasteiger partial charge < -0.3 is 4.55 Å². The number of sulfone groups is 1. The van der Waals surface area contributed by atoms with Crippen molar-refractivity contribution in [2.45, 2.75) is 30.6 Å². The molecule has 2 rings (SSSR count). The fourth-order valence-corrected chi connectivity index (χ4v) is 3.80. The minimum atomic E-state index is -4.33. The van der Waals surface area contributed by atoms with Crippen molar-refractivity contribution in [2.75, 3.05) is 12.1 Å². The minimum Gasteiger partial charge on any atom is -0.744 e. The molecule has 0 spiro atoms. The number of benzene rings is 1. The van der Waals surface area contributed by atoms with Crippen LogP contribution in [0.5, 0.6) is 0 Å². The number of rotatable bonds is 2. The third kappa shape index (κ3) is 5.59. The molecule has 0 aliphatic carbocycles. The molecule has 0 saturated carbocycles. The number of hydrogen-bond donors (Lipinski definition) is 1. The van der Waals surface area contributed by atoms with Gasteiger partial charge in [-0.25, -0.2) is 22.7 Å². The van der Waals surface area contributed by atoms with Gasteiger partial charge in [-0.05, 0) is 38.0 Å². The fraction of sp³-hybridized carbons (Fsp3) is 0.267. The maximum Gasteiger partial charge on any atom is 0.217 e. The van der Waals surface area contributed by atoms with E-state index in [1.54, 1.807) is 38.2 Å². The van der Waals surface area contributed by atoms with Crippen LogP contribution in [-0.4, -0.2) is 27.6 Å². The molecule has 0 bridgehead atoms. The Morgan fingerprint density at radius 2 is 1.54 bits per heavy atom. The molecule has 24 heavy (non-hydrogen) atoms. The highest BCUT2D eigenvalue weighted by atomic mass is 32.2. The van der Waals surface area contributed by atoms with Crippen LogP contribution in [0.3, 0.4) is 0 Å². The van der Waals surface area contributed by atoms with Crippen molar-refractivity contribution in [3.05, 3.63) is 53.3 Å². The highest BCUT2D eigenvalue weighted by Gasteiger charge is 2.10. The van der Waals surface area contributed by atoms with Gasteiger partial charge in [-0.3, -0.25) is 0 Å². The Labute approximate surface area is 142 Å². The summed E-state index contributed by atoms with van der Waals surface area (Å²) >= 11 is 0. The number of nitrogen functional groups attached to an aromatic ring is 1. The molecule has 9 heteroatoms. The summed E-state index contributed by atoms with van der Waals surface area (Å²) in [5.74, 6) is 5.31. The quantitative estimate of drug-likeness (QED) is 0.468. The Bertz CT molecular complexity index is 929. The zero-order valence-electron chi connectivity index (χ0n) is 13.8. The minimum absolute atomic E-state index is 0.0851. The second kappa shape index (κ2) is 7.29. The Morgan fingerprint density at radius 3 is 1.88 bits per heavy atom. The van der Waals surface area contributed by atoms with Gasteiger partial charge in [0, 0.05) is 12.3 Å². The van der Waals surface area contributed by atoms with Gasteiger partial charge in [0.2, 0.25) is 6.20 Å². The maximum absolute atomic E-state index is 10.9. The van der Waals surface area contributed by atoms with Crippen molar-refractivity contribution in [3.8, 4) is 0 Å². The Kier molecular flexibility index (Phi) is 6.09. The number of aromatic nitrogens is 1. The highest BCUT2D eigenvalue weighted by molar-refractivity contribution is 7.90. The van der Waals surface area contributed by atoms with E-state index in [0.29, 0.717) is 11.1 Å². The predicted octanol–water partition coefficient (Wildman–Crippen LogP) is 0.607. The van der Waals surface area contributed by atoms with E-state index in [1.807, 2.05) is 6.92 Å². The Morgan fingerprint density at radius 1 is 1.04 bits per heavy atom. The van der Waals surface area contributed by atoms with Gasteiger partial charge in [0.1, 0.15) is 15.0 Å². The van der Waals surface area contributed by atoms with E-state index in [4.69, 9.17) is 5.84 Å². The number of aryl methyl sites for hydroxylation is 3. The molecule has 0 saturated heterocycles. The largest absolute Gasteiger partial charge is 0.744 e. The van der Waals surface area contributed by atoms with Crippen LogP contribution in [0.15, 0.2) is 46.5 Å². The first-order valence-corrected chi connectivity index (χ1v) is 10.1. The summed E-state index contributed by atoms with van der Waals surface area (Å²) < 4.78 is 55.5. The molecule has 0 fully saturated rings. The molecule has 0 aliphatic heterocycles. The van der Waals surface area contributed by atoms with Crippen LogP contribution in [0.1, 0.15) is 16.7 Å². The number of hydrogen-bond acceptors (Lipinski definition) is 6. The van der Waals surface area contributed by atoms with Crippen molar-refractivity contribution in [1.29, 1.82) is 0 Å². The summed E-state index contributed by atoms with van der Waals surface area (Å²) in [6.45, 7) is 5.12. The molecule has 1 heterocycles. The van der Waals surface area contributed by atoms with E-state index in [1.165, 1.54) is 16.9 Å². The van der Waals surface area contributed by atoms with Crippen molar-refractivity contribution < 1.29 is 26.1 Å². The summed E-state index contributed by atoms with van der Waals surface area (Å²) in [5.41, 5.74) is 2.00. The highest BCUT2D eigenvalue weighted by Crippen LogP contribution is 2.20. The van der Waals surface area contributed by atoms with Crippen LogP contribution in [0.4, 0.5) is 0 Å². The van der Waals surface area contributed by atoms with Crippen LogP contribution < -0.4 is 10.5 Å². The second-order valence-electron chi connectivity index (χ2n) is 5.44. The molecular formula is C15H20N2O5S2. The Balaban J connectivity index is 0.000000243. The first kappa shape index (κ1) is 20.1. The summed E-state index contributed by atoms with van der Waals surface area (Å²) in [5, 5.41) is 0. The predicted molar refractivity (Wildman–Crippen MR) is 88.5 cm³/mol. The third-order valence-corrected chi connectivity index (χ3v) is 5.32. The van der Waals surface area contributed by atoms with Gasteiger partial charge in [-0.2, -0.15) is 0 Å². The third-order valence-electron chi connectivity index (χ3n) is 3.08. The molecular weight excluding hydrogens is 352 g/mol. The molecule has 0 aliphatic rings. The molecule has 1 aromatic carbocycles. The summed E-state index contributed by atoms with van der Waals surface area (Å²) in [6.07, 6.45) is 4.06. The monoisotopic (exact) mass is 372 g/mol. The lowest BCUT2D eigenvalue weighted by Crippen LogP contribution is -2.43.